The maximum atomic E-state index is 11.3. The molecule has 0 aliphatic rings. The standard InChI is InChI=1S/C11H9BrN2O3/c1-2-16-11(15)10-14-13-9(17-10)7-5-3-4-6-8(7)12/h3-6H,2H2,1H3. The second-order valence-corrected chi connectivity index (χ2v) is 3.97. The van der Waals surface area contributed by atoms with Crippen molar-refractivity contribution in [3.63, 3.8) is 0 Å². The van der Waals surface area contributed by atoms with Crippen LogP contribution in [-0.2, 0) is 4.74 Å². The SMILES string of the molecule is CCOC(=O)c1nnc(-c2ccccc2Br)o1. The highest BCUT2D eigenvalue weighted by Crippen LogP contribution is 2.26. The van der Waals surface area contributed by atoms with Gasteiger partial charge in [0, 0.05) is 4.47 Å². The largest absolute Gasteiger partial charge is 0.459 e. The summed E-state index contributed by atoms with van der Waals surface area (Å²) in [4.78, 5) is 11.3. The van der Waals surface area contributed by atoms with E-state index in [0.29, 0.717) is 0 Å². The van der Waals surface area contributed by atoms with Crippen molar-refractivity contribution in [2.75, 3.05) is 6.61 Å². The predicted octanol–water partition coefficient (Wildman–Crippen LogP) is 2.68. The topological polar surface area (TPSA) is 65.2 Å². The summed E-state index contributed by atoms with van der Waals surface area (Å²) < 4.78 is 10.8. The first-order valence-electron chi connectivity index (χ1n) is 4.98. The normalized spacial score (nSPS) is 10.2. The van der Waals surface area contributed by atoms with Gasteiger partial charge in [0.05, 0.1) is 12.2 Å². The summed E-state index contributed by atoms with van der Waals surface area (Å²) in [7, 11) is 0. The summed E-state index contributed by atoms with van der Waals surface area (Å²) in [5.41, 5.74) is 0.732. The molecule has 0 aliphatic carbocycles. The number of halogens is 1. The van der Waals surface area contributed by atoms with Gasteiger partial charge in [-0.1, -0.05) is 12.1 Å². The van der Waals surface area contributed by atoms with Gasteiger partial charge in [0.25, 0.3) is 0 Å². The fourth-order valence-electron chi connectivity index (χ4n) is 1.24. The van der Waals surface area contributed by atoms with Crippen LogP contribution in [0.15, 0.2) is 33.2 Å². The van der Waals surface area contributed by atoms with Gasteiger partial charge in [-0.15, -0.1) is 10.2 Å². The molecule has 5 nitrogen and oxygen atoms in total. The number of hydrogen-bond acceptors (Lipinski definition) is 5. The molecule has 1 aromatic carbocycles. The highest BCUT2D eigenvalue weighted by atomic mass is 79.9. The molecule has 0 amide bonds. The fraction of sp³-hybridized carbons (Fsp3) is 0.182. The number of hydrogen-bond donors (Lipinski definition) is 0. The zero-order valence-electron chi connectivity index (χ0n) is 9.01. The predicted molar refractivity (Wildman–Crippen MR) is 63.4 cm³/mol. The second kappa shape index (κ2) is 5.09. The van der Waals surface area contributed by atoms with Crippen molar-refractivity contribution < 1.29 is 13.9 Å². The number of nitrogens with zero attached hydrogens (tertiary/aromatic N) is 2. The van der Waals surface area contributed by atoms with Crippen molar-refractivity contribution in [1.29, 1.82) is 0 Å². The third-order valence-electron chi connectivity index (χ3n) is 1.98. The van der Waals surface area contributed by atoms with Crippen LogP contribution in [0.3, 0.4) is 0 Å². The van der Waals surface area contributed by atoms with E-state index in [0.717, 1.165) is 10.0 Å². The molecule has 17 heavy (non-hydrogen) atoms. The Morgan fingerprint density at radius 3 is 2.88 bits per heavy atom. The van der Waals surface area contributed by atoms with E-state index in [2.05, 4.69) is 26.1 Å². The van der Waals surface area contributed by atoms with Gasteiger partial charge >= 0.3 is 11.9 Å². The zero-order valence-corrected chi connectivity index (χ0v) is 10.6. The van der Waals surface area contributed by atoms with Gasteiger partial charge in [-0.2, -0.15) is 0 Å². The molecule has 0 fully saturated rings. The van der Waals surface area contributed by atoms with E-state index in [9.17, 15) is 4.79 Å². The first kappa shape index (κ1) is 11.8. The molecule has 0 bridgehead atoms. The van der Waals surface area contributed by atoms with Crippen LogP contribution in [0.2, 0.25) is 0 Å². The van der Waals surface area contributed by atoms with Crippen molar-refractivity contribution in [2.45, 2.75) is 6.92 Å². The molecule has 0 aliphatic heterocycles. The fourth-order valence-corrected chi connectivity index (χ4v) is 1.70. The molecule has 1 aromatic heterocycles. The summed E-state index contributed by atoms with van der Waals surface area (Å²) in [5, 5.41) is 7.44. The molecule has 0 saturated carbocycles. The van der Waals surface area contributed by atoms with Crippen molar-refractivity contribution in [3.8, 4) is 11.5 Å². The summed E-state index contributed by atoms with van der Waals surface area (Å²) in [6.07, 6.45) is 0. The summed E-state index contributed by atoms with van der Waals surface area (Å²) in [6, 6.07) is 7.38. The van der Waals surface area contributed by atoms with Crippen LogP contribution in [0, 0.1) is 0 Å². The minimum Gasteiger partial charge on any atom is -0.459 e. The quantitative estimate of drug-likeness (QED) is 0.815. The Morgan fingerprint density at radius 1 is 1.41 bits per heavy atom. The number of rotatable bonds is 3. The van der Waals surface area contributed by atoms with Gasteiger partial charge in [-0.3, -0.25) is 0 Å². The molecule has 6 heteroatoms. The van der Waals surface area contributed by atoms with Crippen molar-refractivity contribution in [3.05, 3.63) is 34.6 Å². The third kappa shape index (κ3) is 2.52. The van der Waals surface area contributed by atoms with E-state index >= 15 is 0 Å². The Morgan fingerprint density at radius 2 is 2.18 bits per heavy atom. The number of carbonyl (C=O) groups excluding carboxylic acids is 1. The van der Waals surface area contributed by atoms with Gasteiger partial charge < -0.3 is 9.15 Å². The number of benzene rings is 1. The molecule has 0 spiro atoms. The Kier molecular flexibility index (Phi) is 3.53. The van der Waals surface area contributed by atoms with E-state index in [1.807, 2.05) is 24.3 Å². The number of esters is 1. The Labute approximate surface area is 106 Å². The van der Waals surface area contributed by atoms with Crippen LogP contribution in [0.25, 0.3) is 11.5 Å². The Bertz CT molecular complexity index is 539. The van der Waals surface area contributed by atoms with Crippen LogP contribution in [0.4, 0.5) is 0 Å². The average Bonchev–Trinajstić information content (AvgIpc) is 2.79. The van der Waals surface area contributed by atoms with E-state index in [1.54, 1.807) is 6.92 Å². The molecule has 0 unspecified atom stereocenters. The van der Waals surface area contributed by atoms with Crippen LogP contribution in [0.5, 0.6) is 0 Å². The first-order chi connectivity index (χ1) is 8.22. The molecule has 0 atom stereocenters. The van der Waals surface area contributed by atoms with E-state index < -0.39 is 5.97 Å². The number of aromatic nitrogens is 2. The van der Waals surface area contributed by atoms with E-state index in [1.165, 1.54) is 0 Å². The zero-order chi connectivity index (χ0) is 12.3. The van der Waals surface area contributed by atoms with Crippen molar-refractivity contribution >= 4 is 21.9 Å². The smallest absolute Gasteiger partial charge is 0.396 e. The molecule has 0 saturated heterocycles. The van der Waals surface area contributed by atoms with Crippen LogP contribution >= 0.6 is 15.9 Å². The lowest BCUT2D eigenvalue weighted by molar-refractivity contribution is 0.0481. The van der Waals surface area contributed by atoms with Crippen LogP contribution in [0.1, 0.15) is 17.6 Å². The van der Waals surface area contributed by atoms with E-state index in [-0.39, 0.29) is 18.4 Å². The highest BCUT2D eigenvalue weighted by Gasteiger charge is 2.17. The lowest BCUT2D eigenvalue weighted by Crippen LogP contribution is -2.04. The third-order valence-corrected chi connectivity index (χ3v) is 2.67. The second-order valence-electron chi connectivity index (χ2n) is 3.11. The molecule has 0 N–H and O–H groups in total. The molecular formula is C11H9BrN2O3. The first-order valence-corrected chi connectivity index (χ1v) is 5.77. The molecule has 88 valence electrons. The van der Waals surface area contributed by atoms with Crippen LogP contribution in [-0.4, -0.2) is 22.8 Å². The van der Waals surface area contributed by atoms with Gasteiger partial charge in [0.1, 0.15) is 0 Å². The Hall–Kier alpha value is -1.69. The monoisotopic (exact) mass is 296 g/mol. The Balaban J connectivity index is 2.30. The van der Waals surface area contributed by atoms with Gasteiger partial charge in [-0.05, 0) is 35.0 Å². The van der Waals surface area contributed by atoms with Crippen molar-refractivity contribution in [1.82, 2.24) is 10.2 Å². The molecule has 2 rings (SSSR count). The van der Waals surface area contributed by atoms with Crippen LogP contribution < -0.4 is 0 Å². The minimum absolute atomic E-state index is 0.141. The molecule has 1 heterocycles. The van der Waals surface area contributed by atoms with Gasteiger partial charge in [-0.25, -0.2) is 4.79 Å². The summed E-state index contributed by atoms with van der Waals surface area (Å²) in [6.45, 7) is 1.98. The molecule has 2 aromatic rings. The average molecular weight is 297 g/mol. The van der Waals surface area contributed by atoms with Gasteiger partial charge in [0.15, 0.2) is 0 Å². The minimum atomic E-state index is -0.613. The molecule has 0 radical (unpaired) electrons. The van der Waals surface area contributed by atoms with E-state index in [4.69, 9.17) is 9.15 Å². The lowest BCUT2D eigenvalue weighted by Gasteiger charge is -1.97. The maximum absolute atomic E-state index is 11.3. The molecular weight excluding hydrogens is 288 g/mol. The summed E-state index contributed by atoms with van der Waals surface area (Å²) >= 11 is 3.37. The van der Waals surface area contributed by atoms with Crippen molar-refractivity contribution in [2.24, 2.45) is 0 Å². The lowest BCUT2D eigenvalue weighted by atomic mass is 10.2. The highest BCUT2D eigenvalue weighted by molar-refractivity contribution is 9.10. The number of carbonyl (C=O) groups is 1. The number of ether oxygens (including phenoxy) is 1. The van der Waals surface area contributed by atoms with Gasteiger partial charge in [0.2, 0.25) is 5.89 Å². The summed E-state index contributed by atoms with van der Waals surface area (Å²) in [5.74, 6) is -0.476. The maximum Gasteiger partial charge on any atom is 0.396 e.